The highest BCUT2D eigenvalue weighted by molar-refractivity contribution is 5.91. The molecule has 1 amide bonds. The van der Waals surface area contributed by atoms with Crippen LogP contribution in [-0.2, 0) is 13.1 Å². The van der Waals surface area contributed by atoms with E-state index < -0.39 is 0 Å². The van der Waals surface area contributed by atoms with Crippen LogP contribution in [0.5, 0.6) is 0 Å². The zero-order valence-electron chi connectivity index (χ0n) is 14.5. The van der Waals surface area contributed by atoms with Gasteiger partial charge < -0.3 is 9.73 Å². The van der Waals surface area contributed by atoms with Gasteiger partial charge in [0.2, 0.25) is 0 Å². The van der Waals surface area contributed by atoms with E-state index in [-0.39, 0.29) is 11.9 Å². The minimum Gasteiger partial charge on any atom is -0.455 e. The minimum absolute atomic E-state index is 0.152. The lowest BCUT2D eigenvalue weighted by Gasteiger charge is -2.25. The fraction of sp³-hybridized carbons (Fsp3) is 0.556. The highest BCUT2D eigenvalue weighted by Gasteiger charge is 2.18. The van der Waals surface area contributed by atoms with E-state index in [2.05, 4.69) is 15.3 Å². The van der Waals surface area contributed by atoms with E-state index in [1.807, 2.05) is 36.9 Å². The van der Waals surface area contributed by atoms with Crippen LogP contribution < -0.4 is 5.32 Å². The molecule has 0 aliphatic carbocycles. The maximum atomic E-state index is 12.4. The summed E-state index contributed by atoms with van der Waals surface area (Å²) in [5.41, 5.74) is 0.852. The van der Waals surface area contributed by atoms with E-state index in [4.69, 9.17) is 4.42 Å². The van der Waals surface area contributed by atoms with Gasteiger partial charge in [-0.15, -0.1) is 0 Å². The number of amides is 1. The first-order chi connectivity index (χ1) is 11.7. The van der Waals surface area contributed by atoms with Crippen LogP contribution in [0, 0.1) is 0 Å². The van der Waals surface area contributed by atoms with Gasteiger partial charge in [-0.05, 0) is 58.0 Å². The van der Waals surface area contributed by atoms with Gasteiger partial charge in [0.25, 0.3) is 5.91 Å². The summed E-state index contributed by atoms with van der Waals surface area (Å²) in [5.74, 6) is 1.02. The highest BCUT2D eigenvalue weighted by Crippen LogP contribution is 2.16. The number of carbonyl (C=O) groups is 1. The number of likely N-dealkylation sites (tertiary alicyclic amines) is 1. The van der Waals surface area contributed by atoms with E-state index in [1.165, 1.54) is 19.3 Å². The van der Waals surface area contributed by atoms with Crippen LogP contribution in [0.25, 0.3) is 0 Å². The number of rotatable bonds is 6. The molecule has 0 aromatic carbocycles. The van der Waals surface area contributed by atoms with Crippen molar-refractivity contribution in [2.24, 2.45) is 0 Å². The Hall–Kier alpha value is -2.08. The molecule has 6 heteroatoms. The molecule has 2 aromatic heterocycles. The van der Waals surface area contributed by atoms with Gasteiger partial charge in [0, 0.05) is 12.7 Å². The fourth-order valence-corrected chi connectivity index (χ4v) is 3.05. The van der Waals surface area contributed by atoms with E-state index >= 15 is 0 Å². The lowest BCUT2D eigenvalue weighted by atomic mass is 10.1. The number of aromatic nitrogens is 2. The average Bonchev–Trinajstić information content (AvgIpc) is 3.25. The Labute approximate surface area is 142 Å². The molecule has 3 rings (SSSR count). The second-order valence-corrected chi connectivity index (χ2v) is 6.39. The molecule has 130 valence electrons. The van der Waals surface area contributed by atoms with Crippen LogP contribution in [0.1, 0.15) is 61.2 Å². The van der Waals surface area contributed by atoms with Crippen LogP contribution in [0.15, 0.2) is 28.8 Å². The molecule has 1 saturated heterocycles. The molecular formula is C18H26N4O2. The number of piperidine rings is 1. The summed E-state index contributed by atoms with van der Waals surface area (Å²) in [7, 11) is 0. The van der Waals surface area contributed by atoms with Crippen LogP contribution >= 0.6 is 0 Å². The topological polar surface area (TPSA) is 63.3 Å². The maximum Gasteiger partial charge on any atom is 0.287 e. The Morgan fingerprint density at radius 2 is 2.08 bits per heavy atom. The number of nitrogens with zero attached hydrogens (tertiary/aromatic N) is 3. The molecule has 0 saturated carbocycles. The van der Waals surface area contributed by atoms with Crippen LogP contribution in [0.3, 0.4) is 0 Å². The first-order valence-electron chi connectivity index (χ1n) is 8.81. The van der Waals surface area contributed by atoms with E-state index in [1.54, 1.807) is 6.07 Å². The number of hydrogen-bond donors (Lipinski definition) is 1. The number of nitrogens with one attached hydrogen (secondary N) is 1. The van der Waals surface area contributed by atoms with Gasteiger partial charge in [-0.3, -0.25) is 14.4 Å². The van der Waals surface area contributed by atoms with Crippen LogP contribution in [-0.4, -0.2) is 33.7 Å². The molecule has 24 heavy (non-hydrogen) atoms. The van der Waals surface area contributed by atoms with Crippen molar-refractivity contribution in [1.82, 2.24) is 20.0 Å². The largest absolute Gasteiger partial charge is 0.455 e. The van der Waals surface area contributed by atoms with Gasteiger partial charge in [-0.1, -0.05) is 6.42 Å². The minimum atomic E-state index is -0.196. The molecule has 1 fully saturated rings. The molecule has 1 aliphatic heterocycles. The molecule has 0 radical (unpaired) electrons. The first kappa shape index (κ1) is 16.8. The lowest BCUT2D eigenvalue weighted by Crippen LogP contribution is -2.29. The van der Waals surface area contributed by atoms with Crippen molar-refractivity contribution in [3.8, 4) is 0 Å². The fourth-order valence-electron chi connectivity index (χ4n) is 3.05. The predicted octanol–water partition coefficient (Wildman–Crippen LogP) is 2.97. The van der Waals surface area contributed by atoms with Crippen molar-refractivity contribution in [3.05, 3.63) is 41.6 Å². The summed E-state index contributed by atoms with van der Waals surface area (Å²) in [6.45, 7) is 7.78. The van der Waals surface area contributed by atoms with Crippen molar-refractivity contribution in [1.29, 1.82) is 0 Å². The molecule has 1 atom stereocenters. The smallest absolute Gasteiger partial charge is 0.287 e. The van der Waals surface area contributed by atoms with E-state index in [0.717, 1.165) is 37.6 Å². The van der Waals surface area contributed by atoms with Crippen molar-refractivity contribution < 1.29 is 9.21 Å². The van der Waals surface area contributed by atoms with Crippen LogP contribution in [0.2, 0.25) is 0 Å². The zero-order valence-corrected chi connectivity index (χ0v) is 14.5. The van der Waals surface area contributed by atoms with Gasteiger partial charge in [0.1, 0.15) is 5.76 Å². The third-order valence-corrected chi connectivity index (χ3v) is 4.49. The predicted molar refractivity (Wildman–Crippen MR) is 91.6 cm³/mol. The number of furan rings is 1. The summed E-state index contributed by atoms with van der Waals surface area (Å²) in [6.07, 6.45) is 5.72. The molecule has 3 heterocycles. The van der Waals surface area contributed by atoms with Gasteiger partial charge in [-0.2, -0.15) is 5.10 Å². The second kappa shape index (κ2) is 7.66. The second-order valence-electron chi connectivity index (χ2n) is 6.39. The third kappa shape index (κ3) is 4.06. The highest BCUT2D eigenvalue weighted by atomic mass is 16.4. The molecule has 1 aliphatic rings. The molecule has 1 N–H and O–H groups in total. The Kier molecular flexibility index (Phi) is 5.35. The maximum absolute atomic E-state index is 12.4. The summed E-state index contributed by atoms with van der Waals surface area (Å²) in [5, 5.41) is 7.37. The Morgan fingerprint density at radius 3 is 2.79 bits per heavy atom. The number of carbonyl (C=O) groups excluding carboxylic acids is 1. The molecule has 0 spiro atoms. The summed E-state index contributed by atoms with van der Waals surface area (Å²) in [4.78, 5) is 14.7. The van der Waals surface area contributed by atoms with Crippen molar-refractivity contribution in [2.45, 2.75) is 52.2 Å². The Balaban J connectivity index is 1.56. The summed E-state index contributed by atoms with van der Waals surface area (Å²) < 4.78 is 7.58. The normalized spacial score (nSPS) is 16.9. The molecule has 2 aromatic rings. The summed E-state index contributed by atoms with van der Waals surface area (Å²) in [6, 6.07) is 5.44. The monoisotopic (exact) mass is 330 g/mol. The number of aryl methyl sites for hydroxylation is 1. The van der Waals surface area contributed by atoms with Gasteiger partial charge >= 0.3 is 0 Å². The summed E-state index contributed by atoms with van der Waals surface area (Å²) >= 11 is 0. The van der Waals surface area contributed by atoms with Crippen molar-refractivity contribution in [2.75, 3.05) is 13.1 Å². The van der Waals surface area contributed by atoms with Gasteiger partial charge in [0.05, 0.1) is 18.3 Å². The van der Waals surface area contributed by atoms with Crippen molar-refractivity contribution >= 4 is 5.91 Å². The number of hydrogen-bond acceptors (Lipinski definition) is 4. The molecular weight excluding hydrogens is 304 g/mol. The van der Waals surface area contributed by atoms with Gasteiger partial charge in [0.15, 0.2) is 5.76 Å². The molecule has 1 unspecified atom stereocenters. The third-order valence-electron chi connectivity index (χ3n) is 4.49. The molecule has 6 nitrogen and oxygen atoms in total. The average molecular weight is 330 g/mol. The van der Waals surface area contributed by atoms with E-state index in [9.17, 15) is 4.79 Å². The zero-order chi connectivity index (χ0) is 16.9. The Bertz CT molecular complexity index is 670. The lowest BCUT2D eigenvalue weighted by molar-refractivity contribution is 0.0906. The SMILES string of the molecule is CCn1ccc(C(C)NC(=O)c2ccc(CN3CCCCC3)o2)n1. The standard InChI is InChI=1S/C18H26N4O2/c1-3-22-12-9-16(20-22)14(2)19-18(23)17-8-7-15(24-17)13-21-10-5-4-6-11-21/h7-9,12,14H,3-6,10-11,13H2,1-2H3,(H,19,23). The Morgan fingerprint density at radius 1 is 1.29 bits per heavy atom. The van der Waals surface area contributed by atoms with Crippen molar-refractivity contribution in [3.63, 3.8) is 0 Å². The van der Waals surface area contributed by atoms with Crippen LogP contribution in [0.4, 0.5) is 0 Å². The van der Waals surface area contributed by atoms with E-state index in [0.29, 0.717) is 5.76 Å². The molecule has 0 bridgehead atoms. The van der Waals surface area contributed by atoms with Gasteiger partial charge in [-0.25, -0.2) is 0 Å². The first-order valence-corrected chi connectivity index (χ1v) is 8.81. The quantitative estimate of drug-likeness (QED) is 0.884.